The number of furan rings is 1. The van der Waals surface area contributed by atoms with Crippen molar-refractivity contribution in [3.8, 4) is 0 Å². The molecule has 2 nitrogen and oxygen atoms in total. The van der Waals surface area contributed by atoms with Gasteiger partial charge in [-0.2, -0.15) is 0 Å². The van der Waals surface area contributed by atoms with Crippen molar-refractivity contribution in [2.75, 3.05) is 13.1 Å². The molecule has 0 bridgehead atoms. The molecule has 1 atom stereocenters. The molecule has 2 heterocycles. The lowest BCUT2D eigenvalue weighted by Crippen LogP contribution is -2.33. The van der Waals surface area contributed by atoms with E-state index in [1.54, 1.807) is 6.26 Å². The summed E-state index contributed by atoms with van der Waals surface area (Å²) < 4.78 is 5.17. The topological polar surface area (TPSA) is 16.4 Å². The van der Waals surface area contributed by atoms with Crippen molar-refractivity contribution in [3.05, 3.63) is 24.2 Å². The summed E-state index contributed by atoms with van der Waals surface area (Å²) in [6, 6.07) is 2.72. The minimum atomic E-state index is 0.613. The van der Waals surface area contributed by atoms with E-state index in [0.717, 1.165) is 0 Å². The largest absolute Gasteiger partial charge is 0.472 e. The van der Waals surface area contributed by atoms with Gasteiger partial charge in [-0.1, -0.05) is 13.3 Å². The molecule has 1 aromatic rings. The quantitative estimate of drug-likeness (QED) is 0.733. The zero-order valence-corrected chi connectivity index (χ0v) is 8.91. The molecule has 14 heavy (non-hydrogen) atoms. The second-order valence-corrected chi connectivity index (χ2v) is 4.10. The predicted molar refractivity (Wildman–Crippen MR) is 57.2 cm³/mol. The van der Waals surface area contributed by atoms with Crippen molar-refractivity contribution in [3.63, 3.8) is 0 Å². The summed E-state index contributed by atoms with van der Waals surface area (Å²) in [5, 5.41) is 0. The number of nitrogens with zero attached hydrogens (tertiary/aromatic N) is 1. The van der Waals surface area contributed by atoms with Crippen molar-refractivity contribution >= 4 is 0 Å². The Balaban J connectivity index is 2.06. The summed E-state index contributed by atoms with van der Waals surface area (Å²) in [6.07, 6.45) is 8.94. The Kier molecular flexibility index (Phi) is 3.25. The molecule has 0 amide bonds. The maximum atomic E-state index is 5.17. The van der Waals surface area contributed by atoms with E-state index in [1.165, 1.54) is 44.3 Å². The van der Waals surface area contributed by atoms with Crippen molar-refractivity contribution in [1.82, 2.24) is 4.90 Å². The number of piperidine rings is 1. The van der Waals surface area contributed by atoms with Crippen molar-refractivity contribution < 1.29 is 4.42 Å². The zero-order valence-electron chi connectivity index (χ0n) is 8.91. The van der Waals surface area contributed by atoms with Crippen LogP contribution in [0, 0.1) is 0 Å². The van der Waals surface area contributed by atoms with Gasteiger partial charge in [0.05, 0.1) is 12.5 Å². The molecule has 0 N–H and O–H groups in total. The summed E-state index contributed by atoms with van der Waals surface area (Å²) in [7, 11) is 0. The summed E-state index contributed by atoms with van der Waals surface area (Å²) in [6.45, 7) is 4.72. The van der Waals surface area contributed by atoms with Crippen LogP contribution in [0.2, 0.25) is 0 Å². The zero-order chi connectivity index (χ0) is 9.80. The van der Waals surface area contributed by atoms with E-state index in [1.807, 2.05) is 6.26 Å². The van der Waals surface area contributed by atoms with Crippen LogP contribution in [-0.2, 0) is 0 Å². The van der Waals surface area contributed by atoms with Crippen molar-refractivity contribution in [1.29, 1.82) is 0 Å². The van der Waals surface area contributed by atoms with Crippen LogP contribution in [0.3, 0.4) is 0 Å². The maximum absolute atomic E-state index is 5.17. The Morgan fingerprint density at radius 1 is 1.50 bits per heavy atom. The van der Waals surface area contributed by atoms with E-state index in [4.69, 9.17) is 4.42 Å². The van der Waals surface area contributed by atoms with Crippen LogP contribution in [-0.4, -0.2) is 18.0 Å². The second-order valence-electron chi connectivity index (χ2n) is 4.10. The fourth-order valence-electron chi connectivity index (χ4n) is 2.39. The van der Waals surface area contributed by atoms with Crippen LogP contribution >= 0.6 is 0 Å². The molecule has 0 aliphatic carbocycles. The first-order valence-corrected chi connectivity index (χ1v) is 5.68. The highest BCUT2D eigenvalue weighted by Crippen LogP contribution is 2.30. The first kappa shape index (κ1) is 9.78. The molecule has 78 valence electrons. The molecule has 1 fully saturated rings. The van der Waals surface area contributed by atoms with Gasteiger partial charge in [0, 0.05) is 11.6 Å². The summed E-state index contributed by atoms with van der Waals surface area (Å²) in [5.74, 6) is 0. The van der Waals surface area contributed by atoms with Gasteiger partial charge in [-0.05, 0) is 38.4 Å². The maximum Gasteiger partial charge on any atom is 0.0950 e. The molecule has 0 saturated carbocycles. The van der Waals surface area contributed by atoms with Crippen molar-refractivity contribution in [2.45, 2.75) is 38.6 Å². The molecule has 1 aromatic heterocycles. The van der Waals surface area contributed by atoms with Gasteiger partial charge < -0.3 is 4.42 Å². The Morgan fingerprint density at radius 3 is 3.14 bits per heavy atom. The van der Waals surface area contributed by atoms with Crippen LogP contribution in [0.1, 0.15) is 44.2 Å². The van der Waals surface area contributed by atoms with Crippen molar-refractivity contribution in [2.24, 2.45) is 0 Å². The van der Waals surface area contributed by atoms with Gasteiger partial charge >= 0.3 is 0 Å². The van der Waals surface area contributed by atoms with Gasteiger partial charge in [0.1, 0.15) is 0 Å². The van der Waals surface area contributed by atoms with Crippen LogP contribution in [0.25, 0.3) is 0 Å². The lowest BCUT2D eigenvalue weighted by atomic mass is 9.97. The molecule has 0 unspecified atom stereocenters. The molecular formula is C12H19NO. The van der Waals surface area contributed by atoms with Crippen LogP contribution in [0.4, 0.5) is 0 Å². The lowest BCUT2D eigenvalue weighted by molar-refractivity contribution is 0.148. The van der Waals surface area contributed by atoms with E-state index in [0.29, 0.717) is 6.04 Å². The van der Waals surface area contributed by atoms with Crippen LogP contribution in [0.15, 0.2) is 23.0 Å². The first-order valence-electron chi connectivity index (χ1n) is 5.68. The van der Waals surface area contributed by atoms with E-state index in [-0.39, 0.29) is 0 Å². The summed E-state index contributed by atoms with van der Waals surface area (Å²) in [4.78, 5) is 2.59. The first-order chi connectivity index (χ1) is 6.92. The average Bonchev–Trinajstić information content (AvgIpc) is 2.72. The minimum absolute atomic E-state index is 0.613. The number of rotatable bonds is 3. The van der Waals surface area contributed by atoms with Gasteiger partial charge in [-0.25, -0.2) is 0 Å². The van der Waals surface area contributed by atoms with E-state index >= 15 is 0 Å². The third-order valence-electron chi connectivity index (χ3n) is 3.05. The summed E-state index contributed by atoms with van der Waals surface area (Å²) >= 11 is 0. The monoisotopic (exact) mass is 193 g/mol. The Morgan fingerprint density at radius 2 is 2.43 bits per heavy atom. The van der Waals surface area contributed by atoms with E-state index < -0.39 is 0 Å². The average molecular weight is 193 g/mol. The van der Waals surface area contributed by atoms with Crippen LogP contribution in [0.5, 0.6) is 0 Å². The fourth-order valence-corrected chi connectivity index (χ4v) is 2.39. The molecule has 2 rings (SSSR count). The Bertz CT molecular complexity index is 253. The molecule has 1 aliphatic rings. The third-order valence-corrected chi connectivity index (χ3v) is 3.05. The highest BCUT2D eigenvalue weighted by atomic mass is 16.3. The highest BCUT2D eigenvalue weighted by molar-refractivity contribution is 5.12. The second kappa shape index (κ2) is 4.65. The molecule has 1 saturated heterocycles. The number of hydrogen-bond donors (Lipinski definition) is 0. The van der Waals surface area contributed by atoms with E-state index in [9.17, 15) is 0 Å². The fraction of sp³-hybridized carbons (Fsp3) is 0.667. The van der Waals surface area contributed by atoms with Gasteiger partial charge in [0.25, 0.3) is 0 Å². The lowest BCUT2D eigenvalue weighted by Gasteiger charge is -2.34. The van der Waals surface area contributed by atoms with Gasteiger partial charge in [-0.15, -0.1) is 0 Å². The van der Waals surface area contributed by atoms with Gasteiger partial charge in [-0.3, -0.25) is 4.90 Å². The molecule has 0 aromatic carbocycles. The van der Waals surface area contributed by atoms with Gasteiger partial charge in [0.15, 0.2) is 0 Å². The smallest absolute Gasteiger partial charge is 0.0950 e. The Labute approximate surface area is 85.9 Å². The SMILES string of the molecule is CCCN1CCCC[C@@H]1c1ccoc1. The van der Waals surface area contributed by atoms with Crippen LogP contribution < -0.4 is 0 Å². The van der Waals surface area contributed by atoms with E-state index in [2.05, 4.69) is 17.9 Å². The highest BCUT2D eigenvalue weighted by Gasteiger charge is 2.23. The predicted octanol–water partition coefficient (Wildman–Crippen LogP) is 3.22. The van der Waals surface area contributed by atoms with Gasteiger partial charge in [0.2, 0.25) is 0 Å². The molecule has 0 spiro atoms. The Hall–Kier alpha value is -0.760. The number of likely N-dealkylation sites (tertiary alicyclic amines) is 1. The normalized spacial score (nSPS) is 23.9. The standard InChI is InChI=1S/C12H19NO/c1-2-7-13-8-4-3-5-12(13)11-6-9-14-10-11/h6,9-10,12H,2-5,7-8H2,1H3/t12-/m1/s1. The molecular weight excluding hydrogens is 174 g/mol. The molecule has 2 heteroatoms. The third kappa shape index (κ3) is 2.01. The number of hydrogen-bond acceptors (Lipinski definition) is 2. The minimum Gasteiger partial charge on any atom is -0.472 e. The molecule has 1 aliphatic heterocycles. The summed E-state index contributed by atoms with van der Waals surface area (Å²) in [5.41, 5.74) is 1.36. The molecule has 0 radical (unpaired) electrons.